The molecule has 2 heterocycles. The Morgan fingerprint density at radius 3 is 2.35 bits per heavy atom. The molecular formula is C22H33F2N3O7. The van der Waals surface area contributed by atoms with Gasteiger partial charge in [0.05, 0.1) is 24.3 Å². The molecule has 3 fully saturated rings. The van der Waals surface area contributed by atoms with Crippen LogP contribution in [-0.4, -0.2) is 101 Å². The van der Waals surface area contributed by atoms with Crippen molar-refractivity contribution in [3.63, 3.8) is 0 Å². The molecule has 34 heavy (non-hydrogen) atoms. The minimum absolute atomic E-state index is 0.0278. The number of hydrogen-bond acceptors (Lipinski definition) is 10. The molecule has 1 aromatic carbocycles. The van der Waals surface area contributed by atoms with E-state index < -0.39 is 71.9 Å². The second-order valence-electron chi connectivity index (χ2n) is 9.36. The Bertz CT molecular complexity index is 885. The molecule has 1 aromatic rings. The van der Waals surface area contributed by atoms with Gasteiger partial charge in [0, 0.05) is 19.5 Å². The first-order valence-electron chi connectivity index (χ1n) is 11.3. The van der Waals surface area contributed by atoms with Crippen LogP contribution < -0.4 is 16.0 Å². The van der Waals surface area contributed by atoms with Crippen LogP contribution in [0.25, 0.3) is 0 Å². The Morgan fingerprint density at radius 2 is 1.71 bits per heavy atom. The van der Waals surface area contributed by atoms with Gasteiger partial charge in [0.2, 0.25) is 12.1 Å². The maximum atomic E-state index is 13.5. The zero-order valence-corrected chi connectivity index (χ0v) is 19.2. The largest absolute Gasteiger partial charge is 0.390 e. The molecule has 4 rings (SSSR count). The highest BCUT2D eigenvalue weighted by molar-refractivity contribution is 5.18. The molecule has 10 unspecified atom stereocenters. The summed E-state index contributed by atoms with van der Waals surface area (Å²) in [5.41, 5.74) is -1.47. The van der Waals surface area contributed by atoms with Gasteiger partial charge in [-0.25, -0.2) is 8.78 Å². The van der Waals surface area contributed by atoms with Gasteiger partial charge in [-0.1, -0.05) is 6.07 Å². The molecule has 0 amide bonds. The molecule has 10 atom stereocenters. The van der Waals surface area contributed by atoms with Crippen LogP contribution in [0.2, 0.25) is 0 Å². The van der Waals surface area contributed by atoms with Crippen molar-refractivity contribution in [1.82, 2.24) is 16.0 Å². The van der Waals surface area contributed by atoms with Crippen LogP contribution in [0.3, 0.4) is 0 Å². The van der Waals surface area contributed by atoms with Gasteiger partial charge in [-0.3, -0.25) is 0 Å². The minimum atomic E-state index is -2.34. The molecule has 0 bridgehead atoms. The highest BCUT2D eigenvalue weighted by Gasteiger charge is 2.68. The minimum Gasteiger partial charge on any atom is -0.390 e. The fraction of sp³-hybridized carbons (Fsp3) is 0.727. The van der Waals surface area contributed by atoms with E-state index in [4.69, 9.17) is 14.2 Å². The van der Waals surface area contributed by atoms with Gasteiger partial charge in [0.1, 0.15) is 23.9 Å². The summed E-state index contributed by atoms with van der Waals surface area (Å²) in [5.74, 6) is -4.29. The predicted molar refractivity (Wildman–Crippen MR) is 114 cm³/mol. The van der Waals surface area contributed by atoms with E-state index in [1.165, 1.54) is 6.07 Å². The van der Waals surface area contributed by atoms with Crippen molar-refractivity contribution in [2.24, 2.45) is 0 Å². The number of aliphatic hydroxyl groups is 4. The Labute approximate surface area is 196 Å². The molecule has 3 aliphatic rings. The standard InChI is InChI=1S/C22H33F2N3O7/c1-10-7-21(30,9-27-8-11-4-5-12(23)13(24)6-11)22(31)20(32-10)33-19-17(29)14(25-2)16(28)15(26-3)18(19)34-22/h4-6,10,14-20,25-31H,7-9H2,1-3H3. The number of ether oxygens (including phenoxy) is 3. The fourth-order valence-electron chi connectivity index (χ4n) is 5.29. The molecule has 2 aliphatic heterocycles. The van der Waals surface area contributed by atoms with E-state index >= 15 is 0 Å². The molecular weight excluding hydrogens is 456 g/mol. The van der Waals surface area contributed by atoms with Crippen LogP contribution in [0.4, 0.5) is 8.78 Å². The van der Waals surface area contributed by atoms with Gasteiger partial charge in [-0.05, 0) is 38.7 Å². The maximum absolute atomic E-state index is 13.5. The van der Waals surface area contributed by atoms with E-state index in [9.17, 15) is 29.2 Å². The average Bonchev–Trinajstić information content (AvgIpc) is 2.77. The summed E-state index contributed by atoms with van der Waals surface area (Å²) < 4.78 is 44.4. The molecule has 0 spiro atoms. The highest BCUT2D eigenvalue weighted by Crippen LogP contribution is 2.46. The average molecular weight is 490 g/mol. The number of nitrogens with one attached hydrogen (secondary N) is 3. The fourth-order valence-corrected chi connectivity index (χ4v) is 5.29. The number of hydrogen-bond donors (Lipinski definition) is 7. The van der Waals surface area contributed by atoms with Crippen LogP contribution in [0.15, 0.2) is 18.2 Å². The Hall–Kier alpha value is -1.32. The Morgan fingerprint density at radius 1 is 1.00 bits per heavy atom. The quantitative estimate of drug-likeness (QED) is 0.247. The third-order valence-corrected chi connectivity index (χ3v) is 7.08. The van der Waals surface area contributed by atoms with Crippen molar-refractivity contribution in [3.8, 4) is 0 Å². The zero-order chi connectivity index (χ0) is 24.8. The van der Waals surface area contributed by atoms with E-state index in [2.05, 4.69) is 16.0 Å². The van der Waals surface area contributed by atoms with Crippen molar-refractivity contribution in [3.05, 3.63) is 35.4 Å². The van der Waals surface area contributed by atoms with Crippen molar-refractivity contribution >= 4 is 0 Å². The van der Waals surface area contributed by atoms with Gasteiger partial charge in [0.15, 0.2) is 11.6 Å². The number of rotatable bonds is 6. The lowest BCUT2D eigenvalue weighted by atomic mass is 9.77. The summed E-state index contributed by atoms with van der Waals surface area (Å²) in [5, 5.41) is 53.4. The zero-order valence-electron chi connectivity index (χ0n) is 19.2. The molecule has 1 saturated carbocycles. The molecule has 12 heteroatoms. The number of benzene rings is 1. The SMILES string of the molecule is CNC1C(O)C(NC)C2OC3(O)C(OC(C)CC3(O)CNCc3ccc(F)c(F)c3)OC2C1O. The summed E-state index contributed by atoms with van der Waals surface area (Å²) in [4.78, 5) is 0. The molecule has 0 aromatic heterocycles. The molecule has 7 N–H and O–H groups in total. The van der Waals surface area contributed by atoms with Gasteiger partial charge < -0.3 is 50.6 Å². The second kappa shape index (κ2) is 9.62. The van der Waals surface area contributed by atoms with Gasteiger partial charge in [-0.15, -0.1) is 0 Å². The molecule has 1 aliphatic carbocycles. The normalized spacial score (nSPS) is 44.4. The second-order valence-corrected chi connectivity index (χ2v) is 9.36. The first kappa shape index (κ1) is 25.8. The van der Waals surface area contributed by atoms with Crippen molar-refractivity contribution in [2.45, 2.75) is 80.2 Å². The molecule has 192 valence electrons. The topological polar surface area (TPSA) is 145 Å². The third-order valence-electron chi connectivity index (χ3n) is 7.08. The monoisotopic (exact) mass is 489 g/mol. The predicted octanol–water partition coefficient (Wildman–Crippen LogP) is -1.70. The third kappa shape index (κ3) is 4.26. The van der Waals surface area contributed by atoms with Crippen molar-refractivity contribution < 1.29 is 43.4 Å². The maximum Gasteiger partial charge on any atom is 0.249 e. The van der Waals surface area contributed by atoms with Crippen molar-refractivity contribution in [1.29, 1.82) is 0 Å². The number of halogens is 2. The summed E-state index contributed by atoms with van der Waals surface area (Å²) in [6.07, 6.45) is -6.24. The van der Waals surface area contributed by atoms with Gasteiger partial charge >= 0.3 is 0 Å². The number of aliphatic hydroxyl groups excluding tert-OH is 2. The van der Waals surface area contributed by atoms with E-state index in [0.29, 0.717) is 5.56 Å². The smallest absolute Gasteiger partial charge is 0.249 e. The van der Waals surface area contributed by atoms with Gasteiger partial charge in [0.25, 0.3) is 0 Å². The van der Waals surface area contributed by atoms with E-state index in [1.807, 2.05) is 0 Å². The lowest BCUT2D eigenvalue weighted by Crippen LogP contribution is -2.81. The first-order valence-corrected chi connectivity index (χ1v) is 11.3. The summed E-state index contributed by atoms with van der Waals surface area (Å²) in [7, 11) is 3.20. The van der Waals surface area contributed by atoms with Crippen LogP contribution in [0.5, 0.6) is 0 Å². The lowest BCUT2D eigenvalue weighted by molar-refractivity contribution is -0.482. The van der Waals surface area contributed by atoms with Crippen LogP contribution in [0, 0.1) is 11.6 Å². The Kier molecular flexibility index (Phi) is 7.29. The lowest BCUT2D eigenvalue weighted by Gasteiger charge is -2.60. The molecule has 0 radical (unpaired) electrons. The van der Waals surface area contributed by atoms with Crippen molar-refractivity contribution in [2.75, 3.05) is 20.6 Å². The van der Waals surface area contributed by atoms with Crippen LogP contribution >= 0.6 is 0 Å². The summed E-state index contributed by atoms with van der Waals surface area (Å²) in [6, 6.07) is 1.99. The Balaban J connectivity index is 1.56. The van der Waals surface area contributed by atoms with E-state index in [1.54, 1.807) is 21.0 Å². The van der Waals surface area contributed by atoms with E-state index in [-0.39, 0.29) is 19.5 Å². The highest BCUT2D eigenvalue weighted by atomic mass is 19.2. The van der Waals surface area contributed by atoms with Crippen LogP contribution in [-0.2, 0) is 20.8 Å². The van der Waals surface area contributed by atoms with Crippen LogP contribution in [0.1, 0.15) is 18.9 Å². The first-order chi connectivity index (χ1) is 16.0. The van der Waals surface area contributed by atoms with E-state index in [0.717, 1.165) is 12.1 Å². The summed E-state index contributed by atoms with van der Waals surface area (Å²) in [6.45, 7) is 1.59. The molecule has 10 nitrogen and oxygen atoms in total. The summed E-state index contributed by atoms with van der Waals surface area (Å²) >= 11 is 0. The van der Waals surface area contributed by atoms with Gasteiger partial charge in [-0.2, -0.15) is 0 Å². The number of fused-ring (bicyclic) bond motifs is 2. The molecule has 2 saturated heterocycles. The number of likely N-dealkylation sites (N-methyl/N-ethyl adjacent to an activating group) is 2.